The van der Waals surface area contributed by atoms with Gasteiger partial charge < -0.3 is 29.2 Å². The Balaban J connectivity index is 1.80. The first-order chi connectivity index (χ1) is 17.4. The first kappa shape index (κ1) is 27.5. The maximum Gasteiger partial charge on any atom is 0.303 e. The normalized spacial score (nSPS) is 32.6. The number of ether oxygens (including phenoxy) is 4. The van der Waals surface area contributed by atoms with Gasteiger partial charge in [0.2, 0.25) is 6.29 Å². The molecule has 3 aliphatic rings. The summed E-state index contributed by atoms with van der Waals surface area (Å²) in [6.07, 6.45) is 0.566. The fourth-order valence-corrected chi connectivity index (χ4v) is 6.55. The zero-order valence-electron chi connectivity index (χ0n) is 22.9. The van der Waals surface area contributed by atoms with Crippen molar-refractivity contribution < 1.29 is 38.7 Å². The van der Waals surface area contributed by atoms with E-state index in [2.05, 4.69) is 33.8 Å². The van der Waals surface area contributed by atoms with Gasteiger partial charge in [0, 0.05) is 25.3 Å². The minimum atomic E-state index is -1.35. The molecule has 0 aromatic heterocycles. The van der Waals surface area contributed by atoms with E-state index in [4.69, 9.17) is 18.9 Å². The van der Waals surface area contributed by atoms with E-state index in [1.54, 1.807) is 0 Å². The number of phenols is 1. The lowest BCUT2D eigenvalue weighted by atomic mass is 9.62. The molecule has 0 spiro atoms. The Morgan fingerprint density at radius 2 is 1.68 bits per heavy atom. The largest absolute Gasteiger partial charge is 0.504 e. The van der Waals surface area contributed by atoms with Crippen LogP contribution in [0.3, 0.4) is 0 Å². The minimum Gasteiger partial charge on any atom is -0.504 e. The molecule has 2 N–H and O–H groups in total. The summed E-state index contributed by atoms with van der Waals surface area (Å²) in [7, 11) is 0. The standard InChI is InChI=1S/C29H40O8/c1-13(2)10-19-11-15(4)20-9-8-14(3)22-24(20)23(19)16(5)27(26(22)33)37-29-28(36-18(7)31)25(32)21(12-34-29)35-17(6)30/h10,14-15,19-21,25,28-29,32-33H,8-9,11-12H2,1-7H3/t14-,15-,19+,20+,21-,25?,28?,29+/m0/s1. The van der Waals surface area contributed by atoms with Crippen molar-refractivity contribution in [2.45, 2.75) is 110 Å². The van der Waals surface area contributed by atoms with Crippen LogP contribution in [0.15, 0.2) is 11.6 Å². The maximum atomic E-state index is 11.9. The third-order valence-corrected chi connectivity index (χ3v) is 8.05. The lowest BCUT2D eigenvalue weighted by Gasteiger charge is -2.44. The molecule has 0 amide bonds. The minimum absolute atomic E-state index is 0.0836. The van der Waals surface area contributed by atoms with E-state index in [0.717, 1.165) is 30.4 Å². The number of carbonyl (C=O) groups is 2. The van der Waals surface area contributed by atoms with E-state index in [-0.39, 0.29) is 29.9 Å². The molecular formula is C29H40O8. The summed E-state index contributed by atoms with van der Waals surface area (Å²) in [5.74, 6) is 0.360. The molecule has 1 fully saturated rings. The Hall–Kier alpha value is -2.58. The van der Waals surface area contributed by atoms with Crippen LogP contribution >= 0.6 is 0 Å². The van der Waals surface area contributed by atoms with Gasteiger partial charge in [0.15, 0.2) is 23.7 Å². The Kier molecular flexibility index (Phi) is 7.91. The zero-order valence-corrected chi connectivity index (χ0v) is 22.9. The highest BCUT2D eigenvalue weighted by Gasteiger charge is 2.47. The maximum absolute atomic E-state index is 11.9. The second-order valence-electron chi connectivity index (χ2n) is 11.2. The number of carbonyl (C=O) groups excluding carboxylic acids is 2. The van der Waals surface area contributed by atoms with Gasteiger partial charge in [-0.05, 0) is 74.5 Å². The van der Waals surface area contributed by atoms with Gasteiger partial charge in [0.1, 0.15) is 6.10 Å². The summed E-state index contributed by atoms with van der Waals surface area (Å²) in [6, 6.07) is 0. The summed E-state index contributed by atoms with van der Waals surface area (Å²) in [4.78, 5) is 23.3. The van der Waals surface area contributed by atoms with Gasteiger partial charge in [-0.25, -0.2) is 0 Å². The van der Waals surface area contributed by atoms with E-state index in [1.165, 1.54) is 30.5 Å². The number of hydrogen-bond donors (Lipinski definition) is 2. The number of rotatable bonds is 5. The Bertz CT molecular complexity index is 1090. The zero-order chi connectivity index (χ0) is 27.2. The number of aliphatic hydroxyl groups excluding tert-OH is 1. The molecular weight excluding hydrogens is 476 g/mol. The second-order valence-corrected chi connectivity index (χ2v) is 11.2. The van der Waals surface area contributed by atoms with Gasteiger partial charge in [-0.1, -0.05) is 25.5 Å². The first-order valence-electron chi connectivity index (χ1n) is 13.3. The highest BCUT2D eigenvalue weighted by Crippen LogP contribution is 2.58. The highest BCUT2D eigenvalue weighted by atomic mass is 16.7. The number of aliphatic hydroxyl groups is 1. The lowest BCUT2D eigenvalue weighted by molar-refractivity contribution is -0.255. The molecule has 1 aromatic rings. The van der Waals surface area contributed by atoms with E-state index in [9.17, 15) is 19.8 Å². The highest BCUT2D eigenvalue weighted by molar-refractivity contribution is 5.67. The molecule has 204 valence electrons. The van der Waals surface area contributed by atoms with E-state index < -0.39 is 36.5 Å². The van der Waals surface area contributed by atoms with Crippen molar-refractivity contribution in [1.82, 2.24) is 0 Å². The van der Waals surface area contributed by atoms with Crippen LogP contribution in [-0.4, -0.2) is 53.4 Å². The van der Waals surface area contributed by atoms with Gasteiger partial charge in [0.25, 0.3) is 0 Å². The predicted molar refractivity (Wildman–Crippen MR) is 137 cm³/mol. The SMILES string of the molecule is CC(=O)OC1C(O)[C@@H](OC(C)=O)CO[C@@H]1Oc1c(C)c2c3c(c1O)[C@@H](C)CC[C@@H]3[C@@H](C)C[C@H]2C=C(C)C. The number of benzene rings is 1. The molecule has 2 aliphatic carbocycles. The molecule has 1 aromatic carbocycles. The monoisotopic (exact) mass is 516 g/mol. The number of phenolic OH excluding ortho intramolecular Hbond substituents is 1. The molecule has 0 radical (unpaired) electrons. The number of esters is 2. The van der Waals surface area contributed by atoms with Gasteiger partial charge in [-0.15, -0.1) is 0 Å². The fourth-order valence-electron chi connectivity index (χ4n) is 6.55. The molecule has 1 aliphatic heterocycles. The third-order valence-electron chi connectivity index (χ3n) is 8.05. The van der Waals surface area contributed by atoms with Gasteiger partial charge in [0.05, 0.1) is 6.61 Å². The van der Waals surface area contributed by atoms with Crippen molar-refractivity contribution in [3.8, 4) is 11.5 Å². The van der Waals surface area contributed by atoms with Crippen molar-refractivity contribution >= 4 is 11.9 Å². The van der Waals surface area contributed by atoms with Crippen LogP contribution < -0.4 is 4.74 Å². The van der Waals surface area contributed by atoms with Crippen LogP contribution in [0.5, 0.6) is 11.5 Å². The average Bonchev–Trinajstić information content (AvgIpc) is 2.79. The molecule has 1 heterocycles. The van der Waals surface area contributed by atoms with Gasteiger partial charge in [-0.2, -0.15) is 0 Å². The van der Waals surface area contributed by atoms with E-state index in [0.29, 0.717) is 11.8 Å². The Morgan fingerprint density at radius 3 is 2.30 bits per heavy atom. The van der Waals surface area contributed by atoms with Crippen molar-refractivity contribution in [3.63, 3.8) is 0 Å². The predicted octanol–water partition coefficient (Wildman–Crippen LogP) is 4.73. The molecule has 1 saturated heterocycles. The summed E-state index contributed by atoms with van der Waals surface area (Å²) < 4.78 is 22.6. The summed E-state index contributed by atoms with van der Waals surface area (Å²) in [5.41, 5.74) is 5.42. The molecule has 0 bridgehead atoms. The first-order valence-corrected chi connectivity index (χ1v) is 13.3. The van der Waals surface area contributed by atoms with E-state index in [1.807, 2.05) is 6.92 Å². The smallest absolute Gasteiger partial charge is 0.303 e. The molecule has 2 unspecified atom stereocenters. The van der Waals surface area contributed by atoms with Crippen LogP contribution in [-0.2, 0) is 23.8 Å². The lowest BCUT2D eigenvalue weighted by Crippen LogP contribution is -2.57. The fraction of sp³-hybridized carbons (Fsp3) is 0.655. The molecule has 8 nitrogen and oxygen atoms in total. The van der Waals surface area contributed by atoms with Crippen LogP contribution in [0.4, 0.5) is 0 Å². The Morgan fingerprint density at radius 1 is 1.00 bits per heavy atom. The summed E-state index contributed by atoms with van der Waals surface area (Å²) >= 11 is 0. The topological polar surface area (TPSA) is 112 Å². The van der Waals surface area contributed by atoms with Gasteiger partial charge >= 0.3 is 11.9 Å². The van der Waals surface area contributed by atoms with Gasteiger partial charge in [-0.3, -0.25) is 9.59 Å². The van der Waals surface area contributed by atoms with Crippen LogP contribution in [0.1, 0.15) is 101 Å². The molecule has 8 heteroatoms. The third kappa shape index (κ3) is 5.23. The van der Waals surface area contributed by atoms with Crippen LogP contribution in [0, 0.1) is 12.8 Å². The van der Waals surface area contributed by atoms with Crippen molar-refractivity contribution in [2.75, 3.05) is 6.61 Å². The molecule has 0 saturated carbocycles. The molecule has 37 heavy (non-hydrogen) atoms. The second kappa shape index (κ2) is 10.7. The molecule has 4 rings (SSSR count). The molecule has 8 atom stereocenters. The van der Waals surface area contributed by atoms with Crippen LogP contribution in [0.25, 0.3) is 0 Å². The van der Waals surface area contributed by atoms with Crippen molar-refractivity contribution in [1.29, 1.82) is 0 Å². The number of allylic oxidation sites excluding steroid dienone is 2. The number of aromatic hydroxyl groups is 1. The summed E-state index contributed by atoms with van der Waals surface area (Å²) in [6.45, 7) is 12.9. The Labute approximate surface area is 218 Å². The van der Waals surface area contributed by atoms with E-state index >= 15 is 0 Å². The van der Waals surface area contributed by atoms with Crippen molar-refractivity contribution in [2.24, 2.45) is 5.92 Å². The van der Waals surface area contributed by atoms with Crippen molar-refractivity contribution in [3.05, 3.63) is 33.9 Å². The average molecular weight is 517 g/mol. The number of hydrogen-bond acceptors (Lipinski definition) is 8. The summed E-state index contributed by atoms with van der Waals surface area (Å²) in [5, 5.41) is 22.5. The van der Waals surface area contributed by atoms with Crippen LogP contribution in [0.2, 0.25) is 0 Å². The quantitative estimate of drug-likeness (QED) is 0.427.